The van der Waals surface area contributed by atoms with E-state index in [1.54, 1.807) is 6.92 Å². The van der Waals surface area contributed by atoms with Gasteiger partial charge < -0.3 is 35.8 Å². The fraction of sp³-hybridized carbons (Fsp3) is 0.517. The molecule has 0 spiro atoms. The number of amides is 5. The molecule has 5 amide bonds. The Hall–Kier alpha value is -4.26. The summed E-state index contributed by atoms with van der Waals surface area (Å²) < 4.78 is 0. The number of aliphatic hydroxyl groups excluding tert-OH is 1. The molecule has 0 radical (unpaired) electrons. The Balaban J connectivity index is 1.68. The minimum atomic E-state index is -1.02. The van der Waals surface area contributed by atoms with Crippen molar-refractivity contribution < 1.29 is 29.1 Å². The van der Waals surface area contributed by atoms with Gasteiger partial charge in [-0.3, -0.25) is 24.0 Å². The second-order valence-corrected chi connectivity index (χ2v) is 11.0. The summed E-state index contributed by atoms with van der Waals surface area (Å²) in [6, 6.07) is 6.18. The van der Waals surface area contributed by atoms with Gasteiger partial charge in [0, 0.05) is 38.2 Å². The monoisotopic (exact) mass is 581 g/mol. The summed E-state index contributed by atoms with van der Waals surface area (Å²) >= 11 is 0. The van der Waals surface area contributed by atoms with Crippen molar-refractivity contribution in [1.29, 1.82) is 0 Å². The summed E-state index contributed by atoms with van der Waals surface area (Å²) in [4.78, 5) is 76.9. The van der Waals surface area contributed by atoms with Crippen LogP contribution in [0.4, 0.5) is 0 Å². The highest BCUT2D eigenvalue weighted by Crippen LogP contribution is 2.22. The first-order valence-corrected chi connectivity index (χ1v) is 14.3. The van der Waals surface area contributed by atoms with Crippen molar-refractivity contribution in [1.82, 2.24) is 35.7 Å². The van der Waals surface area contributed by atoms with Crippen molar-refractivity contribution in [3.63, 3.8) is 0 Å². The summed E-state index contributed by atoms with van der Waals surface area (Å²) in [6.45, 7) is 4.91. The van der Waals surface area contributed by atoms with Crippen molar-refractivity contribution in [2.45, 2.75) is 64.3 Å². The number of rotatable bonds is 5. The van der Waals surface area contributed by atoms with Crippen LogP contribution in [-0.2, 0) is 25.6 Å². The standard InChI is InChI=1S/C29H39N7O6/c1-4-17(2)24-29(42)36-14-20(37)13-22(36)27(40)33-21(12-19-8-6-5-7-9-19)26(39)30-10-11-35(15-23(38)34-24)28(41)25-18(3)31-16-32-25/h5-9,16-17,20-22,24,37H,4,10-15H2,1-3H3,(H,30,39)(H,31,32)(H,33,40)(H,34,38)/t17-,20+,21-,22-,24-/m0/s1. The lowest BCUT2D eigenvalue weighted by Crippen LogP contribution is -2.58. The number of aromatic nitrogens is 2. The third-order valence-electron chi connectivity index (χ3n) is 7.91. The average Bonchev–Trinajstić information content (AvgIpc) is 3.59. The molecule has 2 saturated heterocycles. The molecule has 2 aliphatic heterocycles. The highest BCUT2D eigenvalue weighted by molar-refractivity contribution is 5.98. The van der Waals surface area contributed by atoms with Crippen LogP contribution in [0.2, 0.25) is 0 Å². The van der Waals surface area contributed by atoms with Gasteiger partial charge in [-0.05, 0) is 18.4 Å². The van der Waals surface area contributed by atoms with Gasteiger partial charge in [0.25, 0.3) is 5.91 Å². The molecule has 42 heavy (non-hydrogen) atoms. The normalized spacial score (nSPS) is 25.0. The van der Waals surface area contributed by atoms with Gasteiger partial charge in [0.2, 0.25) is 23.6 Å². The number of carbonyl (C=O) groups excluding carboxylic acids is 5. The maximum atomic E-state index is 13.8. The summed E-state index contributed by atoms with van der Waals surface area (Å²) in [5, 5.41) is 18.8. The number of aryl methyl sites for hydroxylation is 1. The van der Waals surface area contributed by atoms with E-state index in [2.05, 4.69) is 25.9 Å². The number of H-pyrrole nitrogens is 1. The fourth-order valence-corrected chi connectivity index (χ4v) is 5.30. The topological polar surface area (TPSA) is 177 Å². The molecule has 1 aromatic heterocycles. The van der Waals surface area contributed by atoms with Crippen LogP contribution in [0.1, 0.15) is 48.4 Å². The molecule has 0 aliphatic carbocycles. The van der Waals surface area contributed by atoms with Crippen LogP contribution in [0.3, 0.4) is 0 Å². The summed E-state index contributed by atoms with van der Waals surface area (Å²) in [6.07, 6.45) is 1.18. The lowest BCUT2D eigenvalue weighted by Gasteiger charge is -2.32. The number of fused-ring (bicyclic) bond motifs is 1. The van der Waals surface area contributed by atoms with E-state index in [9.17, 15) is 29.1 Å². The molecule has 4 rings (SSSR count). The Bertz CT molecular complexity index is 1300. The highest BCUT2D eigenvalue weighted by atomic mass is 16.3. The smallest absolute Gasteiger partial charge is 0.274 e. The Kier molecular flexibility index (Phi) is 9.94. The lowest BCUT2D eigenvalue weighted by atomic mass is 9.97. The number of nitrogens with one attached hydrogen (secondary N) is 4. The quantitative estimate of drug-likeness (QED) is 0.316. The van der Waals surface area contributed by atoms with Crippen LogP contribution in [0.15, 0.2) is 36.7 Å². The van der Waals surface area contributed by atoms with Crippen LogP contribution in [0, 0.1) is 12.8 Å². The lowest BCUT2D eigenvalue weighted by molar-refractivity contribution is -0.143. The first-order valence-electron chi connectivity index (χ1n) is 14.3. The molecular weight excluding hydrogens is 542 g/mol. The number of benzene rings is 1. The van der Waals surface area contributed by atoms with Gasteiger partial charge in [0.1, 0.15) is 23.8 Å². The number of nitrogens with zero attached hydrogens (tertiary/aromatic N) is 3. The van der Waals surface area contributed by atoms with Crippen LogP contribution < -0.4 is 16.0 Å². The fourth-order valence-electron chi connectivity index (χ4n) is 5.30. The molecule has 3 heterocycles. The molecule has 226 valence electrons. The molecule has 0 bridgehead atoms. The van der Waals surface area contributed by atoms with Crippen LogP contribution in [0.25, 0.3) is 0 Å². The predicted molar refractivity (Wildman–Crippen MR) is 152 cm³/mol. The maximum absolute atomic E-state index is 13.8. The minimum Gasteiger partial charge on any atom is -0.391 e. The largest absolute Gasteiger partial charge is 0.391 e. The molecule has 1 aromatic carbocycles. The molecule has 0 unspecified atom stereocenters. The molecule has 0 saturated carbocycles. The molecule has 2 fully saturated rings. The predicted octanol–water partition coefficient (Wildman–Crippen LogP) is -0.490. The Morgan fingerprint density at radius 1 is 1.12 bits per heavy atom. The van der Waals surface area contributed by atoms with Crippen LogP contribution in [0.5, 0.6) is 0 Å². The van der Waals surface area contributed by atoms with Crippen LogP contribution >= 0.6 is 0 Å². The highest BCUT2D eigenvalue weighted by Gasteiger charge is 2.43. The van der Waals surface area contributed by atoms with E-state index < -0.39 is 53.8 Å². The maximum Gasteiger partial charge on any atom is 0.274 e. The Morgan fingerprint density at radius 2 is 1.86 bits per heavy atom. The van der Waals surface area contributed by atoms with Gasteiger partial charge in [0.15, 0.2) is 0 Å². The SMILES string of the molecule is CC[C@H](C)[C@@H]1NC(=O)CN(C(=O)c2nc[nH]c2C)CCNC(=O)[C@H](Cc2ccccc2)NC(=O)[C@@H]2C[C@@H](O)CN2C1=O. The first kappa shape index (κ1) is 30.7. The number of aromatic amines is 1. The van der Waals surface area contributed by atoms with Gasteiger partial charge >= 0.3 is 0 Å². The van der Waals surface area contributed by atoms with E-state index in [0.29, 0.717) is 12.1 Å². The molecule has 13 nitrogen and oxygen atoms in total. The van der Waals surface area contributed by atoms with Crippen molar-refractivity contribution in [2.24, 2.45) is 5.92 Å². The van der Waals surface area contributed by atoms with E-state index in [-0.39, 0.29) is 50.6 Å². The average molecular weight is 582 g/mol. The zero-order valence-corrected chi connectivity index (χ0v) is 24.1. The summed E-state index contributed by atoms with van der Waals surface area (Å²) in [7, 11) is 0. The minimum absolute atomic E-state index is 0.00369. The Morgan fingerprint density at radius 3 is 2.52 bits per heavy atom. The number of hydrogen-bond donors (Lipinski definition) is 5. The third-order valence-corrected chi connectivity index (χ3v) is 7.91. The van der Waals surface area contributed by atoms with E-state index in [1.165, 1.54) is 16.1 Å². The molecule has 5 N–H and O–H groups in total. The second kappa shape index (κ2) is 13.6. The molecule has 2 aromatic rings. The van der Waals surface area contributed by atoms with E-state index in [4.69, 9.17) is 0 Å². The molecular formula is C29H39N7O6. The molecule has 5 atom stereocenters. The van der Waals surface area contributed by atoms with Crippen molar-refractivity contribution in [3.8, 4) is 0 Å². The van der Waals surface area contributed by atoms with Gasteiger partial charge in [0.05, 0.1) is 19.0 Å². The second-order valence-electron chi connectivity index (χ2n) is 11.0. The first-order chi connectivity index (χ1) is 20.1. The number of hydrogen-bond acceptors (Lipinski definition) is 7. The van der Waals surface area contributed by atoms with Gasteiger partial charge in [-0.15, -0.1) is 0 Å². The van der Waals surface area contributed by atoms with Crippen LogP contribution in [-0.4, -0.2) is 105 Å². The summed E-state index contributed by atoms with van der Waals surface area (Å²) in [5.41, 5.74) is 1.48. The molecule has 13 heteroatoms. The third kappa shape index (κ3) is 7.14. The zero-order valence-electron chi connectivity index (χ0n) is 24.1. The van der Waals surface area contributed by atoms with E-state index in [1.807, 2.05) is 44.2 Å². The Labute approximate surface area is 244 Å². The van der Waals surface area contributed by atoms with E-state index >= 15 is 0 Å². The van der Waals surface area contributed by atoms with Gasteiger partial charge in [-0.1, -0.05) is 50.6 Å². The van der Waals surface area contributed by atoms with E-state index in [0.717, 1.165) is 5.56 Å². The van der Waals surface area contributed by atoms with Crippen molar-refractivity contribution >= 4 is 29.5 Å². The number of aliphatic hydroxyl groups is 1. The number of imidazole rings is 1. The molecule has 2 aliphatic rings. The zero-order chi connectivity index (χ0) is 30.4. The van der Waals surface area contributed by atoms with Crippen molar-refractivity contribution in [2.75, 3.05) is 26.2 Å². The van der Waals surface area contributed by atoms with Gasteiger partial charge in [-0.2, -0.15) is 0 Å². The van der Waals surface area contributed by atoms with Gasteiger partial charge in [-0.25, -0.2) is 4.98 Å². The number of carbonyl (C=O) groups is 5. The summed E-state index contributed by atoms with van der Waals surface area (Å²) in [5.74, 6) is -2.93. The van der Waals surface area contributed by atoms with Crippen molar-refractivity contribution in [3.05, 3.63) is 53.6 Å².